The second-order valence-corrected chi connectivity index (χ2v) is 6.57. The molecule has 1 rings (SSSR count). The number of rotatable bonds is 7. The highest BCUT2D eigenvalue weighted by Crippen LogP contribution is 2.50. The molecular weight excluding hydrogens is 214 g/mol. The van der Waals surface area contributed by atoms with Crippen molar-refractivity contribution in [3.05, 3.63) is 0 Å². The molecule has 0 spiro atoms. The topological polar surface area (TPSA) is 70.6 Å². The van der Waals surface area contributed by atoms with Crippen LogP contribution in [-0.4, -0.2) is 24.1 Å². The number of nitrogens with one attached hydrogen (secondary N) is 1. The SMILES string of the molecule is CC(C)(CCCNCC1CC1(C)C)C(N)=NO. The van der Waals surface area contributed by atoms with Crippen LogP contribution < -0.4 is 11.1 Å². The van der Waals surface area contributed by atoms with Gasteiger partial charge in [-0.25, -0.2) is 0 Å². The Labute approximate surface area is 105 Å². The van der Waals surface area contributed by atoms with Crippen LogP contribution in [-0.2, 0) is 0 Å². The zero-order chi connectivity index (χ0) is 13.1. The van der Waals surface area contributed by atoms with E-state index in [1.54, 1.807) is 0 Å². The maximum absolute atomic E-state index is 8.66. The number of oxime groups is 1. The minimum Gasteiger partial charge on any atom is -0.409 e. The molecule has 1 aliphatic rings. The van der Waals surface area contributed by atoms with Crippen molar-refractivity contribution in [3.8, 4) is 0 Å². The van der Waals surface area contributed by atoms with E-state index in [-0.39, 0.29) is 5.41 Å². The zero-order valence-corrected chi connectivity index (χ0v) is 11.6. The van der Waals surface area contributed by atoms with Gasteiger partial charge in [-0.1, -0.05) is 32.9 Å². The van der Waals surface area contributed by atoms with Crippen LogP contribution in [0.25, 0.3) is 0 Å². The molecule has 0 aromatic carbocycles. The van der Waals surface area contributed by atoms with Gasteiger partial charge in [0.15, 0.2) is 0 Å². The van der Waals surface area contributed by atoms with Gasteiger partial charge in [0.25, 0.3) is 0 Å². The van der Waals surface area contributed by atoms with Gasteiger partial charge in [0.2, 0.25) is 0 Å². The summed E-state index contributed by atoms with van der Waals surface area (Å²) in [7, 11) is 0. The van der Waals surface area contributed by atoms with E-state index in [0.29, 0.717) is 11.3 Å². The van der Waals surface area contributed by atoms with Gasteiger partial charge in [-0.05, 0) is 43.7 Å². The van der Waals surface area contributed by atoms with E-state index >= 15 is 0 Å². The molecule has 1 saturated carbocycles. The van der Waals surface area contributed by atoms with Crippen LogP contribution in [0.4, 0.5) is 0 Å². The van der Waals surface area contributed by atoms with Crippen LogP contribution in [0.15, 0.2) is 5.16 Å². The Morgan fingerprint density at radius 2 is 2.12 bits per heavy atom. The molecule has 1 aliphatic carbocycles. The van der Waals surface area contributed by atoms with Crippen molar-refractivity contribution in [3.63, 3.8) is 0 Å². The molecule has 0 amide bonds. The minimum atomic E-state index is -0.213. The largest absolute Gasteiger partial charge is 0.409 e. The Morgan fingerprint density at radius 1 is 1.53 bits per heavy atom. The molecule has 0 aliphatic heterocycles. The number of hydrogen-bond acceptors (Lipinski definition) is 3. The van der Waals surface area contributed by atoms with Crippen molar-refractivity contribution in [2.24, 2.45) is 27.6 Å². The summed E-state index contributed by atoms with van der Waals surface area (Å²) < 4.78 is 0. The Morgan fingerprint density at radius 3 is 2.59 bits per heavy atom. The zero-order valence-electron chi connectivity index (χ0n) is 11.6. The molecule has 1 unspecified atom stereocenters. The second-order valence-electron chi connectivity index (χ2n) is 6.57. The first-order valence-electron chi connectivity index (χ1n) is 6.48. The Balaban J connectivity index is 2.08. The molecule has 0 bridgehead atoms. The lowest BCUT2D eigenvalue weighted by Crippen LogP contribution is -2.32. The Bertz CT molecular complexity index is 284. The van der Waals surface area contributed by atoms with Crippen LogP contribution in [0.2, 0.25) is 0 Å². The van der Waals surface area contributed by atoms with Crippen LogP contribution in [0.1, 0.15) is 47.0 Å². The molecule has 0 heterocycles. The monoisotopic (exact) mass is 241 g/mol. The summed E-state index contributed by atoms with van der Waals surface area (Å²) >= 11 is 0. The van der Waals surface area contributed by atoms with E-state index in [2.05, 4.69) is 24.3 Å². The van der Waals surface area contributed by atoms with Gasteiger partial charge >= 0.3 is 0 Å². The Hall–Kier alpha value is -0.770. The van der Waals surface area contributed by atoms with E-state index in [4.69, 9.17) is 10.9 Å². The van der Waals surface area contributed by atoms with Crippen LogP contribution >= 0.6 is 0 Å². The van der Waals surface area contributed by atoms with Crippen molar-refractivity contribution < 1.29 is 5.21 Å². The number of amidine groups is 1. The van der Waals surface area contributed by atoms with Crippen LogP contribution in [0.5, 0.6) is 0 Å². The first-order valence-corrected chi connectivity index (χ1v) is 6.48. The van der Waals surface area contributed by atoms with Crippen molar-refractivity contribution in [1.82, 2.24) is 5.32 Å². The summed E-state index contributed by atoms with van der Waals surface area (Å²) in [5.41, 5.74) is 5.98. The van der Waals surface area contributed by atoms with Gasteiger partial charge < -0.3 is 16.3 Å². The Kier molecular flexibility index (Phi) is 4.42. The van der Waals surface area contributed by atoms with E-state index in [1.165, 1.54) is 6.42 Å². The van der Waals surface area contributed by atoms with E-state index in [9.17, 15) is 0 Å². The summed E-state index contributed by atoms with van der Waals surface area (Å²) in [6.07, 6.45) is 3.33. The van der Waals surface area contributed by atoms with Crippen molar-refractivity contribution in [2.75, 3.05) is 13.1 Å². The fourth-order valence-corrected chi connectivity index (χ4v) is 2.12. The standard InChI is InChI=1S/C13H27N3O/c1-12(2,11(14)16-17)6-5-7-15-9-10-8-13(10,3)4/h10,15,17H,5-9H2,1-4H3,(H2,14,16). The van der Waals surface area contributed by atoms with E-state index < -0.39 is 0 Å². The lowest BCUT2D eigenvalue weighted by molar-refractivity contribution is 0.304. The molecule has 4 nitrogen and oxygen atoms in total. The predicted octanol–water partition coefficient (Wildman–Crippen LogP) is 2.17. The third-order valence-electron chi connectivity index (χ3n) is 4.06. The maximum atomic E-state index is 8.66. The van der Waals surface area contributed by atoms with Crippen LogP contribution in [0.3, 0.4) is 0 Å². The molecule has 0 saturated heterocycles. The van der Waals surface area contributed by atoms with Crippen molar-refractivity contribution in [2.45, 2.75) is 47.0 Å². The lowest BCUT2D eigenvalue weighted by atomic mass is 9.86. The maximum Gasteiger partial charge on any atom is 0.144 e. The predicted molar refractivity (Wildman–Crippen MR) is 71.2 cm³/mol. The fourth-order valence-electron chi connectivity index (χ4n) is 2.12. The normalized spacial score (nSPS) is 23.8. The van der Waals surface area contributed by atoms with Crippen LogP contribution in [0, 0.1) is 16.7 Å². The van der Waals surface area contributed by atoms with Gasteiger partial charge in [-0.15, -0.1) is 0 Å². The minimum absolute atomic E-state index is 0.213. The summed E-state index contributed by atoms with van der Waals surface area (Å²) in [4.78, 5) is 0. The summed E-state index contributed by atoms with van der Waals surface area (Å²) in [5, 5.41) is 15.2. The second kappa shape index (κ2) is 5.25. The van der Waals surface area contributed by atoms with Gasteiger partial charge in [0.1, 0.15) is 5.84 Å². The molecule has 4 N–H and O–H groups in total. The highest BCUT2D eigenvalue weighted by Gasteiger charge is 2.44. The summed E-state index contributed by atoms with van der Waals surface area (Å²) in [6.45, 7) is 10.8. The van der Waals surface area contributed by atoms with E-state index in [1.807, 2.05) is 13.8 Å². The smallest absolute Gasteiger partial charge is 0.144 e. The summed E-state index contributed by atoms with van der Waals surface area (Å²) in [5.74, 6) is 1.17. The number of nitrogens with zero attached hydrogens (tertiary/aromatic N) is 1. The molecule has 0 radical (unpaired) electrons. The van der Waals surface area contributed by atoms with E-state index in [0.717, 1.165) is 31.8 Å². The third-order valence-corrected chi connectivity index (χ3v) is 4.06. The molecule has 17 heavy (non-hydrogen) atoms. The van der Waals surface area contributed by atoms with Gasteiger partial charge in [0.05, 0.1) is 0 Å². The first-order chi connectivity index (χ1) is 7.79. The summed E-state index contributed by atoms with van der Waals surface area (Å²) in [6, 6.07) is 0. The number of hydrogen-bond donors (Lipinski definition) is 3. The molecule has 4 heteroatoms. The first kappa shape index (κ1) is 14.3. The average Bonchev–Trinajstić information content (AvgIpc) is 2.84. The van der Waals surface area contributed by atoms with Gasteiger partial charge in [0, 0.05) is 5.41 Å². The molecule has 100 valence electrons. The van der Waals surface area contributed by atoms with Gasteiger partial charge in [-0.3, -0.25) is 0 Å². The molecular formula is C13H27N3O. The molecule has 0 aromatic heterocycles. The number of nitrogens with two attached hydrogens (primary N) is 1. The van der Waals surface area contributed by atoms with Gasteiger partial charge in [-0.2, -0.15) is 0 Å². The van der Waals surface area contributed by atoms with Crippen molar-refractivity contribution >= 4 is 5.84 Å². The lowest BCUT2D eigenvalue weighted by Gasteiger charge is -2.22. The highest BCUT2D eigenvalue weighted by atomic mass is 16.4. The third kappa shape index (κ3) is 4.19. The van der Waals surface area contributed by atoms with Crippen molar-refractivity contribution in [1.29, 1.82) is 0 Å². The molecule has 0 aromatic rings. The molecule has 1 atom stereocenters. The molecule has 1 fully saturated rings. The fraction of sp³-hybridized carbons (Fsp3) is 0.923. The average molecular weight is 241 g/mol. The highest BCUT2D eigenvalue weighted by molar-refractivity contribution is 5.85. The quantitative estimate of drug-likeness (QED) is 0.210.